The van der Waals surface area contributed by atoms with Crippen LogP contribution in [0.4, 0.5) is 0 Å². The van der Waals surface area contributed by atoms with Gasteiger partial charge in [-0.05, 0) is 55.8 Å². The van der Waals surface area contributed by atoms with Crippen LogP contribution in [0.25, 0.3) is 0 Å². The number of nitrogens with zero attached hydrogens (tertiary/aromatic N) is 5. The number of aromatic hydroxyl groups is 1. The molecule has 4 unspecified atom stereocenters. The maximum atomic E-state index is 13.5. The van der Waals surface area contributed by atoms with Gasteiger partial charge in [-0.15, -0.1) is 16.9 Å². The normalized spacial score (nSPS) is 31.1. The summed E-state index contributed by atoms with van der Waals surface area (Å²) in [6.07, 6.45) is 0. The van der Waals surface area contributed by atoms with E-state index in [0.717, 1.165) is 0 Å². The molecule has 3 saturated heterocycles. The SMILES string of the molecule is CC1(C)SC2C(N3C(=O)C(c4ccc(O)c(Cl)c4)NC3(C)C)C(=O)N2C1c1nnn[nH]1. The predicted octanol–water partition coefficient (Wildman–Crippen LogP) is 1.57. The predicted molar refractivity (Wildman–Crippen MR) is 113 cm³/mol. The molecule has 3 aliphatic heterocycles. The number of aromatic nitrogens is 4. The second kappa shape index (κ2) is 6.57. The van der Waals surface area contributed by atoms with Crippen LogP contribution >= 0.6 is 23.4 Å². The minimum Gasteiger partial charge on any atom is -0.506 e. The number of halogens is 1. The van der Waals surface area contributed by atoms with Crippen molar-refractivity contribution < 1.29 is 14.7 Å². The molecule has 5 rings (SSSR count). The first-order valence-electron chi connectivity index (χ1n) is 9.86. The van der Waals surface area contributed by atoms with E-state index in [0.29, 0.717) is 11.4 Å². The van der Waals surface area contributed by atoms with Crippen LogP contribution < -0.4 is 5.32 Å². The number of amides is 2. The lowest BCUT2D eigenvalue weighted by molar-refractivity contribution is -0.165. The average Bonchev–Trinajstić information content (AvgIpc) is 3.35. The molecule has 1 aromatic carbocycles. The number of phenols is 1. The van der Waals surface area contributed by atoms with E-state index < -0.39 is 17.7 Å². The zero-order valence-electron chi connectivity index (χ0n) is 17.3. The van der Waals surface area contributed by atoms with Crippen LogP contribution in [0.1, 0.15) is 51.2 Å². The number of benzene rings is 1. The van der Waals surface area contributed by atoms with Gasteiger partial charge in [-0.3, -0.25) is 14.9 Å². The van der Waals surface area contributed by atoms with Crippen molar-refractivity contribution in [2.24, 2.45) is 0 Å². The van der Waals surface area contributed by atoms with Crippen LogP contribution in [-0.4, -0.2) is 69.2 Å². The first kappa shape index (κ1) is 20.5. The lowest BCUT2D eigenvalue weighted by Crippen LogP contribution is -2.71. The standard InChI is InChI=1S/C19H22ClN7O3S/c1-18(2)13(14-22-24-25-23-14)26-16(30)12(17(26)31-18)27-15(29)11(21-19(27,3)4)8-5-6-10(28)9(20)7-8/h5-7,11-13,17,21,28H,1-4H3,(H,22,23,24,25). The third-order valence-corrected chi connectivity index (χ3v) is 8.06. The second-order valence-corrected chi connectivity index (χ2v) is 11.2. The van der Waals surface area contributed by atoms with E-state index in [1.54, 1.807) is 33.7 Å². The Kier molecular flexibility index (Phi) is 4.35. The molecule has 0 spiro atoms. The van der Waals surface area contributed by atoms with Crippen LogP contribution in [0.3, 0.4) is 0 Å². The van der Waals surface area contributed by atoms with Crippen LogP contribution in [0.5, 0.6) is 5.75 Å². The van der Waals surface area contributed by atoms with Crippen molar-refractivity contribution in [2.75, 3.05) is 0 Å². The number of thioether (sulfide) groups is 1. The minimum atomic E-state index is -0.755. The lowest BCUT2D eigenvalue weighted by atomic mass is 9.93. The molecular weight excluding hydrogens is 442 g/mol. The number of nitrogens with one attached hydrogen (secondary N) is 2. The maximum Gasteiger partial charge on any atom is 0.250 e. The first-order chi connectivity index (χ1) is 14.5. The Morgan fingerprint density at radius 3 is 2.58 bits per heavy atom. The summed E-state index contributed by atoms with van der Waals surface area (Å²) < 4.78 is -0.333. The van der Waals surface area contributed by atoms with Crippen LogP contribution in [-0.2, 0) is 9.59 Å². The van der Waals surface area contributed by atoms with Crippen LogP contribution in [0.2, 0.25) is 5.02 Å². The quantitative estimate of drug-likeness (QED) is 0.585. The van der Waals surface area contributed by atoms with Gasteiger partial charge in [0.05, 0.1) is 10.7 Å². The molecule has 3 N–H and O–H groups in total. The molecule has 0 saturated carbocycles. The van der Waals surface area contributed by atoms with Gasteiger partial charge in [0, 0.05) is 4.75 Å². The number of hydrogen-bond acceptors (Lipinski definition) is 8. The van der Waals surface area contributed by atoms with Crippen molar-refractivity contribution in [3.8, 4) is 5.75 Å². The number of hydrogen-bond donors (Lipinski definition) is 3. The van der Waals surface area contributed by atoms with E-state index >= 15 is 0 Å². The van der Waals surface area contributed by atoms with Gasteiger partial charge in [0.15, 0.2) is 5.82 Å². The molecule has 2 amide bonds. The smallest absolute Gasteiger partial charge is 0.250 e. The third-order valence-electron chi connectivity index (χ3n) is 6.20. The fourth-order valence-corrected chi connectivity index (χ4v) is 6.74. The molecule has 31 heavy (non-hydrogen) atoms. The number of carbonyl (C=O) groups excluding carboxylic acids is 2. The van der Waals surface area contributed by atoms with Crippen molar-refractivity contribution >= 4 is 35.2 Å². The molecule has 3 fully saturated rings. The number of fused-ring (bicyclic) bond motifs is 1. The van der Waals surface area contributed by atoms with Crippen molar-refractivity contribution in [3.63, 3.8) is 0 Å². The molecule has 0 radical (unpaired) electrons. The zero-order valence-corrected chi connectivity index (χ0v) is 18.9. The van der Waals surface area contributed by atoms with E-state index in [1.165, 1.54) is 6.07 Å². The van der Waals surface area contributed by atoms with Gasteiger partial charge in [0.25, 0.3) is 0 Å². The van der Waals surface area contributed by atoms with E-state index in [9.17, 15) is 14.7 Å². The molecular formula is C19H22ClN7O3S. The summed E-state index contributed by atoms with van der Waals surface area (Å²) in [7, 11) is 0. The Balaban J connectivity index is 1.46. The van der Waals surface area contributed by atoms with Gasteiger partial charge in [0.2, 0.25) is 11.8 Å². The molecule has 10 nitrogen and oxygen atoms in total. The Morgan fingerprint density at radius 2 is 1.94 bits per heavy atom. The third kappa shape index (κ3) is 2.86. The summed E-state index contributed by atoms with van der Waals surface area (Å²) in [5, 5.41) is 27.1. The summed E-state index contributed by atoms with van der Waals surface area (Å²) >= 11 is 7.70. The van der Waals surface area contributed by atoms with Gasteiger partial charge in [-0.2, -0.15) is 0 Å². The minimum absolute atomic E-state index is 0.0469. The Hall–Kier alpha value is -2.37. The second-order valence-electron chi connectivity index (χ2n) is 9.05. The summed E-state index contributed by atoms with van der Waals surface area (Å²) in [6.45, 7) is 7.85. The molecule has 2 aromatic rings. The monoisotopic (exact) mass is 463 g/mol. The Morgan fingerprint density at radius 1 is 1.19 bits per heavy atom. The highest BCUT2D eigenvalue weighted by Gasteiger charge is 2.67. The van der Waals surface area contributed by atoms with Gasteiger partial charge < -0.3 is 14.9 Å². The number of H-pyrrole nitrogens is 1. The van der Waals surface area contributed by atoms with Crippen molar-refractivity contribution in [3.05, 3.63) is 34.6 Å². The molecule has 1 aromatic heterocycles. The van der Waals surface area contributed by atoms with E-state index in [1.807, 2.05) is 27.7 Å². The topological polar surface area (TPSA) is 127 Å². The van der Waals surface area contributed by atoms with Crippen LogP contribution in [0, 0.1) is 0 Å². The van der Waals surface area contributed by atoms with E-state index in [-0.39, 0.29) is 38.7 Å². The zero-order chi connectivity index (χ0) is 22.3. The van der Waals surface area contributed by atoms with Crippen LogP contribution in [0.15, 0.2) is 18.2 Å². The summed E-state index contributed by atoms with van der Waals surface area (Å²) in [5.41, 5.74) is -0.119. The van der Waals surface area contributed by atoms with Crippen molar-refractivity contribution in [1.29, 1.82) is 0 Å². The van der Waals surface area contributed by atoms with E-state index in [2.05, 4.69) is 25.9 Å². The number of aromatic amines is 1. The van der Waals surface area contributed by atoms with Crippen molar-refractivity contribution in [2.45, 2.75) is 61.6 Å². The number of phenolic OH excluding ortho intramolecular Hbond substituents is 1. The average molecular weight is 464 g/mol. The molecule has 12 heteroatoms. The summed E-state index contributed by atoms with van der Waals surface area (Å²) in [6, 6.07) is 3.12. The highest BCUT2D eigenvalue weighted by Crippen LogP contribution is 2.58. The first-order valence-corrected chi connectivity index (χ1v) is 11.1. The Labute approximate surface area is 187 Å². The van der Waals surface area contributed by atoms with Gasteiger partial charge in [-0.25, -0.2) is 5.10 Å². The number of carbonyl (C=O) groups is 2. The number of β-lactam (4-membered cyclic amide) rings is 1. The largest absolute Gasteiger partial charge is 0.506 e. The summed E-state index contributed by atoms with van der Waals surface area (Å²) in [5.74, 6) is 0.160. The highest BCUT2D eigenvalue weighted by atomic mass is 35.5. The molecule has 164 valence electrons. The molecule has 4 atom stereocenters. The maximum absolute atomic E-state index is 13.5. The fraction of sp³-hybridized carbons (Fsp3) is 0.526. The number of rotatable bonds is 3. The Bertz CT molecular complexity index is 1080. The highest BCUT2D eigenvalue weighted by molar-refractivity contribution is 8.01. The van der Waals surface area contributed by atoms with Gasteiger partial charge >= 0.3 is 0 Å². The molecule has 0 aliphatic carbocycles. The lowest BCUT2D eigenvalue weighted by Gasteiger charge is -2.50. The number of tetrazole rings is 1. The van der Waals surface area contributed by atoms with Gasteiger partial charge in [0.1, 0.15) is 29.2 Å². The molecule has 4 heterocycles. The van der Waals surface area contributed by atoms with Gasteiger partial charge in [-0.1, -0.05) is 17.7 Å². The van der Waals surface area contributed by atoms with Crippen molar-refractivity contribution in [1.82, 2.24) is 35.7 Å². The van der Waals surface area contributed by atoms with E-state index in [4.69, 9.17) is 11.6 Å². The molecule has 3 aliphatic rings. The summed E-state index contributed by atoms with van der Waals surface area (Å²) in [4.78, 5) is 30.3. The molecule has 0 bridgehead atoms. The fourth-order valence-electron chi connectivity index (χ4n) is 4.87.